The van der Waals surface area contributed by atoms with Crippen LogP contribution < -0.4 is 10.3 Å². The van der Waals surface area contributed by atoms with Crippen LogP contribution in [-0.4, -0.2) is 28.0 Å². The summed E-state index contributed by atoms with van der Waals surface area (Å²) in [4.78, 5) is 18.7. The number of hydrogen-bond acceptors (Lipinski definition) is 6. The monoisotopic (exact) mass is 318 g/mol. The Morgan fingerprint density at radius 2 is 1.91 bits per heavy atom. The van der Waals surface area contributed by atoms with E-state index >= 15 is 0 Å². The maximum atomic E-state index is 11.3. The largest absolute Gasteiger partial charge is 0.503 e. The summed E-state index contributed by atoms with van der Waals surface area (Å²) in [6.45, 7) is 3.35. The van der Waals surface area contributed by atoms with Crippen LogP contribution in [0.15, 0.2) is 34.2 Å². The highest BCUT2D eigenvalue weighted by Gasteiger charge is 2.16. The van der Waals surface area contributed by atoms with Crippen LogP contribution in [0.1, 0.15) is 23.6 Å². The number of aromatic hydroxyl groups is 2. The van der Waals surface area contributed by atoms with Crippen molar-refractivity contribution in [1.29, 1.82) is 0 Å². The van der Waals surface area contributed by atoms with Gasteiger partial charge in [0, 0.05) is 5.56 Å². The average molecular weight is 318 g/mol. The second-order valence-corrected chi connectivity index (χ2v) is 4.95. The predicted octanol–water partition coefficient (Wildman–Crippen LogP) is 2.04. The molecule has 0 aliphatic heterocycles. The van der Waals surface area contributed by atoms with Gasteiger partial charge in [0.2, 0.25) is 5.88 Å². The molecule has 0 saturated carbocycles. The molecule has 0 radical (unpaired) electrons. The van der Waals surface area contributed by atoms with Crippen LogP contribution in [-0.2, 0) is 11.4 Å². The second-order valence-electron chi connectivity index (χ2n) is 4.95. The van der Waals surface area contributed by atoms with Gasteiger partial charge in [-0.3, -0.25) is 9.78 Å². The quantitative estimate of drug-likeness (QED) is 0.578. The van der Waals surface area contributed by atoms with Gasteiger partial charge in [0.25, 0.3) is 5.56 Å². The zero-order valence-corrected chi connectivity index (χ0v) is 13.1. The summed E-state index contributed by atoms with van der Waals surface area (Å²) in [6, 6.07) is 7.31. The number of rotatable bonds is 5. The number of H-pyrrole nitrogens is 1. The van der Waals surface area contributed by atoms with Crippen molar-refractivity contribution < 1.29 is 19.8 Å². The predicted molar refractivity (Wildman–Crippen MR) is 85.1 cm³/mol. The van der Waals surface area contributed by atoms with E-state index in [1.165, 1.54) is 6.92 Å². The van der Waals surface area contributed by atoms with Crippen molar-refractivity contribution in [2.75, 3.05) is 7.11 Å². The van der Waals surface area contributed by atoms with E-state index in [0.717, 1.165) is 11.3 Å². The highest BCUT2D eigenvalue weighted by Crippen LogP contribution is 2.23. The smallest absolute Gasteiger partial charge is 0.293 e. The number of methoxy groups -OCH3 is 1. The van der Waals surface area contributed by atoms with Gasteiger partial charge in [0.05, 0.1) is 18.4 Å². The van der Waals surface area contributed by atoms with E-state index in [9.17, 15) is 15.0 Å². The number of nitrogens with one attached hydrogen (secondary N) is 1. The molecule has 1 aromatic heterocycles. The molecule has 2 aromatic rings. The van der Waals surface area contributed by atoms with E-state index in [-0.39, 0.29) is 23.6 Å². The van der Waals surface area contributed by atoms with Crippen molar-refractivity contribution in [2.24, 2.45) is 5.16 Å². The van der Waals surface area contributed by atoms with Crippen molar-refractivity contribution in [3.05, 3.63) is 51.3 Å². The summed E-state index contributed by atoms with van der Waals surface area (Å²) in [6.07, 6.45) is 0. The van der Waals surface area contributed by atoms with Crippen LogP contribution >= 0.6 is 0 Å². The standard InChI is InChI=1S/C16H18N2O5/c1-9-13(15(20)17-16(21)14(9)19)10(2)18-23-8-11-4-6-12(22-3)7-5-11/h4-7,19H,8H2,1-3H3,(H2,17,20,21). The lowest BCUT2D eigenvalue weighted by Crippen LogP contribution is -2.12. The van der Waals surface area contributed by atoms with E-state index in [2.05, 4.69) is 10.1 Å². The van der Waals surface area contributed by atoms with Gasteiger partial charge in [0.1, 0.15) is 12.4 Å². The summed E-state index contributed by atoms with van der Waals surface area (Å²) in [5.74, 6) is -0.0696. The summed E-state index contributed by atoms with van der Waals surface area (Å²) >= 11 is 0. The molecular weight excluding hydrogens is 300 g/mol. The fourth-order valence-corrected chi connectivity index (χ4v) is 2.11. The van der Waals surface area contributed by atoms with Crippen molar-refractivity contribution in [1.82, 2.24) is 4.98 Å². The first-order valence-corrected chi connectivity index (χ1v) is 6.88. The van der Waals surface area contributed by atoms with Gasteiger partial charge in [-0.15, -0.1) is 0 Å². The Balaban J connectivity index is 2.14. The number of benzene rings is 1. The first kappa shape index (κ1) is 16.4. The van der Waals surface area contributed by atoms with Crippen LogP contribution in [0.5, 0.6) is 17.4 Å². The molecule has 0 unspecified atom stereocenters. The van der Waals surface area contributed by atoms with Gasteiger partial charge in [-0.1, -0.05) is 17.3 Å². The molecule has 7 heteroatoms. The second kappa shape index (κ2) is 6.87. The summed E-state index contributed by atoms with van der Waals surface area (Å²) < 4.78 is 5.07. The van der Waals surface area contributed by atoms with E-state index < -0.39 is 11.3 Å². The zero-order chi connectivity index (χ0) is 17.0. The van der Waals surface area contributed by atoms with E-state index in [4.69, 9.17) is 9.57 Å². The fourth-order valence-electron chi connectivity index (χ4n) is 2.11. The number of nitrogens with zero attached hydrogens (tertiary/aromatic N) is 1. The third kappa shape index (κ3) is 3.63. The van der Waals surface area contributed by atoms with E-state index in [1.807, 2.05) is 24.3 Å². The lowest BCUT2D eigenvalue weighted by Gasteiger charge is -2.09. The molecule has 1 aromatic carbocycles. The third-order valence-corrected chi connectivity index (χ3v) is 3.37. The number of oxime groups is 1. The molecule has 0 aliphatic rings. The fraction of sp³-hybridized carbons (Fsp3) is 0.250. The summed E-state index contributed by atoms with van der Waals surface area (Å²) in [7, 11) is 1.59. The minimum absolute atomic E-state index is 0.233. The number of aromatic amines is 1. The third-order valence-electron chi connectivity index (χ3n) is 3.37. The Labute approximate surface area is 132 Å². The molecule has 2 rings (SSSR count). The van der Waals surface area contributed by atoms with Crippen molar-refractivity contribution >= 4 is 5.71 Å². The Bertz CT molecular complexity index is 778. The summed E-state index contributed by atoms with van der Waals surface area (Å²) in [5, 5.41) is 23.4. The molecule has 122 valence electrons. The lowest BCUT2D eigenvalue weighted by molar-refractivity contribution is 0.130. The van der Waals surface area contributed by atoms with Gasteiger partial charge in [-0.2, -0.15) is 0 Å². The van der Waals surface area contributed by atoms with Gasteiger partial charge in [-0.05, 0) is 31.5 Å². The number of ether oxygens (including phenoxy) is 1. The highest BCUT2D eigenvalue weighted by atomic mass is 16.6. The van der Waals surface area contributed by atoms with Gasteiger partial charge >= 0.3 is 0 Å². The van der Waals surface area contributed by atoms with Crippen molar-refractivity contribution in [3.8, 4) is 17.4 Å². The molecule has 0 fully saturated rings. The Kier molecular flexibility index (Phi) is 4.90. The van der Waals surface area contributed by atoms with Gasteiger partial charge < -0.3 is 19.8 Å². The molecule has 0 spiro atoms. The average Bonchev–Trinajstić information content (AvgIpc) is 2.53. The maximum absolute atomic E-state index is 11.3. The van der Waals surface area contributed by atoms with Crippen molar-refractivity contribution in [2.45, 2.75) is 20.5 Å². The zero-order valence-electron chi connectivity index (χ0n) is 13.1. The number of aromatic nitrogens is 1. The number of pyridine rings is 1. The molecular formula is C16H18N2O5. The van der Waals surface area contributed by atoms with E-state index in [0.29, 0.717) is 5.71 Å². The van der Waals surface area contributed by atoms with Gasteiger partial charge in [-0.25, -0.2) is 0 Å². The Morgan fingerprint density at radius 1 is 1.26 bits per heavy atom. The van der Waals surface area contributed by atoms with Crippen LogP contribution in [0.2, 0.25) is 0 Å². The molecule has 0 bridgehead atoms. The molecule has 0 atom stereocenters. The van der Waals surface area contributed by atoms with E-state index in [1.54, 1.807) is 14.0 Å². The molecule has 3 N–H and O–H groups in total. The van der Waals surface area contributed by atoms with Gasteiger partial charge in [0.15, 0.2) is 5.75 Å². The van der Waals surface area contributed by atoms with Crippen molar-refractivity contribution in [3.63, 3.8) is 0 Å². The Hall–Kier alpha value is -2.96. The molecule has 23 heavy (non-hydrogen) atoms. The van der Waals surface area contributed by atoms with Crippen LogP contribution in [0.25, 0.3) is 0 Å². The topological polar surface area (TPSA) is 104 Å². The molecule has 7 nitrogen and oxygen atoms in total. The molecule has 1 heterocycles. The minimum atomic E-state index is -0.754. The normalized spacial score (nSPS) is 11.3. The van der Waals surface area contributed by atoms with Crippen LogP contribution in [0, 0.1) is 6.92 Å². The minimum Gasteiger partial charge on any atom is -0.503 e. The highest BCUT2D eigenvalue weighted by molar-refractivity contribution is 6.01. The molecule has 0 aliphatic carbocycles. The summed E-state index contributed by atoms with van der Waals surface area (Å²) in [5.41, 5.74) is 0.945. The number of hydrogen-bond donors (Lipinski definition) is 3. The maximum Gasteiger partial charge on any atom is 0.293 e. The lowest BCUT2D eigenvalue weighted by atomic mass is 10.1. The Morgan fingerprint density at radius 3 is 2.52 bits per heavy atom. The SMILES string of the molecule is COc1ccc(CON=C(C)c2c(O)[nH]c(=O)c(O)c2C)cc1. The van der Waals surface area contributed by atoms with Crippen LogP contribution in [0.3, 0.4) is 0 Å². The first-order chi connectivity index (χ1) is 10.9. The molecule has 0 amide bonds. The molecule has 0 saturated heterocycles. The van der Waals surface area contributed by atoms with Crippen LogP contribution in [0.4, 0.5) is 0 Å². The first-order valence-electron chi connectivity index (χ1n) is 6.88.